The van der Waals surface area contributed by atoms with Gasteiger partial charge in [0.1, 0.15) is 5.54 Å². The molecule has 1 aliphatic rings. The van der Waals surface area contributed by atoms with Crippen LogP contribution in [-0.2, 0) is 25.7 Å². The number of esters is 1. The van der Waals surface area contributed by atoms with Crippen LogP contribution < -0.4 is 5.32 Å². The molecule has 2 amide bonds. The second-order valence-electron chi connectivity index (χ2n) is 6.27. The van der Waals surface area contributed by atoms with Crippen LogP contribution in [0, 0.1) is 5.92 Å². The highest BCUT2D eigenvalue weighted by atomic mass is 16.5. The van der Waals surface area contributed by atoms with Crippen molar-refractivity contribution < 1.29 is 19.1 Å². The average Bonchev–Trinajstić information content (AvgIpc) is 2.88. The van der Waals surface area contributed by atoms with Crippen LogP contribution in [0.4, 0.5) is 0 Å². The fraction of sp³-hybridized carbons (Fsp3) is 0.471. The summed E-state index contributed by atoms with van der Waals surface area (Å²) in [6.07, 6.45) is 0.163. The summed E-state index contributed by atoms with van der Waals surface area (Å²) in [5.74, 6) is -1.32. The Morgan fingerprint density at radius 3 is 2.57 bits per heavy atom. The Morgan fingerprint density at radius 1 is 1.30 bits per heavy atom. The molecule has 23 heavy (non-hydrogen) atoms. The molecular formula is C17H22N2O4. The third-order valence-corrected chi connectivity index (χ3v) is 3.93. The van der Waals surface area contributed by atoms with E-state index in [0.717, 1.165) is 5.56 Å². The number of benzene rings is 1. The summed E-state index contributed by atoms with van der Waals surface area (Å²) in [7, 11) is 1.27. The van der Waals surface area contributed by atoms with E-state index in [9.17, 15) is 14.4 Å². The van der Waals surface area contributed by atoms with Gasteiger partial charge in [-0.2, -0.15) is 0 Å². The number of ether oxygens (including phenoxy) is 1. The summed E-state index contributed by atoms with van der Waals surface area (Å²) in [5, 5.41) is 2.66. The number of nitrogens with one attached hydrogen (secondary N) is 1. The monoisotopic (exact) mass is 318 g/mol. The maximum absolute atomic E-state index is 12.3. The number of carbonyl (C=O) groups is 3. The van der Waals surface area contributed by atoms with Gasteiger partial charge in [-0.1, -0.05) is 30.3 Å². The number of hydrogen-bond donors (Lipinski definition) is 1. The fourth-order valence-corrected chi connectivity index (χ4v) is 2.62. The van der Waals surface area contributed by atoms with Gasteiger partial charge in [-0.15, -0.1) is 0 Å². The van der Waals surface area contributed by atoms with Gasteiger partial charge in [-0.05, 0) is 19.4 Å². The molecule has 1 heterocycles. The van der Waals surface area contributed by atoms with Gasteiger partial charge in [-0.25, -0.2) is 4.79 Å². The molecule has 6 heteroatoms. The highest BCUT2D eigenvalue weighted by molar-refractivity contribution is 5.92. The molecule has 0 aromatic heterocycles. The predicted molar refractivity (Wildman–Crippen MR) is 84.2 cm³/mol. The Kier molecular flexibility index (Phi) is 5.03. The zero-order chi connectivity index (χ0) is 17.0. The van der Waals surface area contributed by atoms with Crippen molar-refractivity contribution in [2.45, 2.75) is 32.4 Å². The van der Waals surface area contributed by atoms with Crippen LogP contribution in [0.3, 0.4) is 0 Å². The van der Waals surface area contributed by atoms with Gasteiger partial charge in [-0.3, -0.25) is 9.59 Å². The minimum Gasteiger partial charge on any atom is -0.467 e. The molecule has 2 rings (SSSR count). The van der Waals surface area contributed by atoms with Gasteiger partial charge >= 0.3 is 5.97 Å². The first-order valence-electron chi connectivity index (χ1n) is 7.55. The SMILES string of the molecule is COC(=O)C(C)(C)NC(=O)[C@@H]1CC(=O)N(Cc2ccccc2)C1. The molecule has 0 radical (unpaired) electrons. The van der Waals surface area contributed by atoms with E-state index in [1.54, 1.807) is 18.7 Å². The van der Waals surface area contributed by atoms with Crippen LogP contribution in [0.1, 0.15) is 25.8 Å². The third kappa shape index (κ3) is 4.09. The zero-order valence-electron chi connectivity index (χ0n) is 13.7. The van der Waals surface area contributed by atoms with Crippen LogP contribution in [0.5, 0.6) is 0 Å². The van der Waals surface area contributed by atoms with Crippen LogP contribution in [0.2, 0.25) is 0 Å². The van der Waals surface area contributed by atoms with Crippen molar-refractivity contribution in [1.29, 1.82) is 0 Å². The Labute approximate surface area is 135 Å². The Bertz CT molecular complexity index is 598. The van der Waals surface area contributed by atoms with Crippen molar-refractivity contribution in [2.24, 2.45) is 5.92 Å². The van der Waals surface area contributed by atoms with Crippen molar-refractivity contribution in [2.75, 3.05) is 13.7 Å². The smallest absolute Gasteiger partial charge is 0.330 e. The standard InChI is InChI=1S/C17H22N2O4/c1-17(2,16(22)23-3)18-15(21)13-9-14(20)19(11-13)10-12-7-5-4-6-8-12/h4-8,13H,9-11H2,1-3H3,(H,18,21)/t13-/m1/s1. The molecule has 0 bridgehead atoms. The molecule has 0 saturated carbocycles. The number of nitrogens with zero attached hydrogens (tertiary/aromatic N) is 1. The molecule has 0 unspecified atom stereocenters. The lowest BCUT2D eigenvalue weighted by molar-refractivity contribution is -0.149. The first-order chi connectivity index (χ1) is 10.8. The largest absolute Gasteiger partial charge is 0.467 e. The van der Waals surface area contributed by atoms with Crippen molar-refractivity contribution in [3.05, 3.63) is 35.9 Å². The fourth-order valence-electron chi connectivity index (χ4n) is 2.62. The van der Waals surface area contributed by atoms with E-state index in [0.29, 0.717) is 13.1 Å². The lowest BCUT2D eigenvalue weighted by Gasteiger charge is -2.25. The second kappa shape index (κ2) is 6.81. The molecule has 1 aromatic rings. The van der Waals surface area contributed by atoms with Gasteiger partial charge in [0.25, 0.3) is 0 Å². The molecule has 0 spiro atoms. The van der Waals surface area contributed by atoms with E-state index < -0.39 is 17.4 Å². The van der Waals surface area contributed by atoms with E-state index in [4.69, 9.17) is 0 Å². The molecule has 0 aliphatic carbocycles. The van der Waals surface area contributed by atoms with E-state index in [1.807, 2.05) is 30.3 Å². The summed E-state index contributed by atoms with van der Waals surface area (Å²) in [4.78, 5) is 37.7. The molecule has 1 aromatic carbocycles. The first-order valence-corrected chi connectivity index (χ1v) is 7.55. The third-order valence-electron chi connectivity index (χ3n) is 3.93. The van der Waals surface area contributed by atoms with Crippen LogP contribution in [0.25, 0.3) is 0 Å². The van der Waals surface area contributed by atoms with Crippen molar-refractivity contribution >= 4 is 17.8 Å². The molecule has 1 atom stereocenters. The van der Waals surface area contributed by atoms with Gasteiger partial charge in [0.15, 0.2) is 0 Å². The van der Waals surface area contributed by atoms with Crippen molar-refractivity contribution in [1.82, 2.24) is 10.2 Å². The van der Waals surface area contributed by atoms with Gasteiger partial charge in [0, 0.05) is 19.5 Å². The number of methoxy groups -OCH3 is 1. The number of hydrogen-bond acceptors (Lipinski definition) is 4. The van der Waals surface area contributed by atoms with Crippen LogP contribution >= 0.6 is 0 Å². The molecule has 1 fully saturated rings. The van der Waals surface area contributed by atoms with Crippen LogP contribution in [0.15, 0.2) is 30.3 Å². The van der Waals surface area contributed by atoms with Gasteiger partial charge in [0.05, 0.1) is 13.0 Å². The Balaban J connectivity index is 1.96. The lowest BCUT2D eigenvalue weighted by atomic mass is 10.0. The molecule has 1 N–H and O–H groups in total. The van der Waals surface area contributed by atoms with Gasteiger partial charge < -0.3 is 15.0 Å². The molecule has 1 aliphatic heterocycles. The van der Waals surface area contributed by atoms with Crippen LogP contribution in [-0.4, -0.2) is 41.9 Å². The minimum absolute atomic E-state index is 0.0510. The number of amides is 2. The molecule has 124 valence electrons. The summed E-state index contributed by atoms with van der Waals surface area (Å²) in [5.41, 5.74) is -0.0846. The summed E-state index contributed by atoms with van der Waals surface area (Å²) in [6.45, 7) is 4.01. The molecule has 1 saturated heterocycles. The highest BCUT2D eigenvalue weighted by Gasteiger charge is 2.38. The number of likely N-dealkylation sites (tertiary alicyclic amines) is 1. The first kappa shape index (κ1) is 17.0. The van der Waals surface area contributed by atoms with E-state index >= 15 is 0 Å². The summed E-state index contributed by atoms with van der Waals surface area (Å²) >= 11 is 0. The summed E-state index contributed by atoms with van der Waals surface area (Å²) in [6, 6.07) is 9.64. The van der Waals surface area contributed by atoms with E-state index in [-0.39, 0.29) is 18.2 Å². The number of carbonyl (C=O) groups excluding carboxylic acids is 3. The maximum atomic E-state index is 12.3. The molecular weight excluding hydrogens is 296 g/mol. The molecule has 6 nitrogen and oxygen atoms in total. The van der Waals surface area contributed by atoms with Crippen molar-refractivity contribution in [3.8, 4) is 0 Å². The number of rotatable bonds is 5. The second-order valence-corrected chi connectivity index (χ2v) is 6.27. The minimum atomic E-state index is -1.11. The predicted octanol–water partition coefficient (Wildman–Crippen LogP) is 1.10. The quantitative estimate of drug-likeness (QED) is 0.825. The average molecular weight is 318 g/mol. The highest BCUT2D eigenvalue weighted by Crippen LogP contribution is 2.21. The normalized spacial score (nSPS) is 18.0. The summed E-state index contributed by atoms with van der Waals surface area (Å²) < 4.78 is 4.67. The van der Waals surface area contributed by atoms with Crippen molar-refractivity contribution in [3.63, 3.8) is 0 Å². The van der Waals surface area contributed by atoms with E-state index in [2.05, 4.69) is 10.1 Å². The maximum Gasteiger partial charge on any atom is 0.330 e. The Morgan fingerprint density at radius 2 is 1.96 bits per heavy atom. The van der Waals surface area contributed by atoms with Gasteiger partial charge in [0.2, 0.25) is 11.8 Å². The Hall–Kier alpha value is -2.37. The lowest BCUT2D eigenvalue weighted by Crippen LogP contribution is -2.52. The topological polar surface area (TPSA) is 75.7 Å². The zero-order valence-corrected chi connectivity index (χ0v) is 13.7. The van der Waals surface area contributed by atoms with E-state index in [1.165, 1.54) is 7.11 Å².